The minimum atomic E-state index is -0.367. The van der Waals surface area contributed by atoms with E-state index in [0.717, 1.165) is 0 Å². The predicted octanol–water partition coefficient (Wildman–Crippen LogP) is 0.716. The molecule has 0 radical (unpaired) electrons. The van der Waals surface area contributed by atoms with Gasteiger partial charge in [-0.3, -0.25) is 4.79 Å². The number of halogens is 1. The monoisotopic (exact) mass is 281 g/mol. The van der Waals surface area contributed by atoms with Crippen molar-refractivity contribution in [2.45, 2.75) is 13.3 Å². The van der Waals surface area contributed by atoms with Crippen molar-refractivity contribution in [3.63, 3.8) is 0 Å². The van der Waals surface area contributed by atoms with E-state index in [1.54, 1.807) is 6.92 Å². The van der Waals surface area contributed by atoms with Crippen molar-refractivity contribution < 1.29 is 14.3 Å². The number of hydrogen-bond acceptors (Lipinski definition) is 3. The van der Waals surface area contributed by atoms with Gasteiger partial charge in [0.2, 0.25) is 5.91 Å². The molecule has 1 amide bonds. The lowest BCUT2D eigenvalue weighted by molar-refractivity contribution is -0.137. The molecular formula is C7H8INO3. The van der Waals surface area contributed by atoms with Crippen LogP contribution in [0.2, 0.25) is 0 Å². The maximum atomic E-state index is 11.0. The summed E-state index contributed by atoms with van der Waals surface area (Å²) in [6.07, 6.45) is 0.317. The van der Waals surface area contributed by atoms with Gasteiger partial charge in [0.25, 0.3) is 0 Å². The minimum absolute atomic E-state index is 0.0523. The number of carbonyl (C=O) groups is 2. The second-order valence-corrected chi connectivity index (χ2v) is 3.32. The summed E-state index contributed by atoms with van der Waals surface area (Å²) >= 11 is 1.87. The summed E-state index contributed by atoms with van der Waals surface area (Å²) < 4.78 is 5.21. The zero-order valence-electron chi connectivity index (χ0n) is 6.52. The van der Waals surface area contributed by atoms with Crippen molar-refractivity contribution in [1.29, 1.82) is 0 Å². The molecule has 0 aliphatic carbocycles. The van der Waals surface area contributed by atoms with Gasteiger partial charge < -0.3 is 10.1 Å². The molecule has 0 aromatic heterocycles. The summed E-state index contributed by atoms with van der Waals surface area (Å²) in [5.41, 5.74) is 0.666. The summed E-state index contributed by atoms with van der Waals surface area (Å²) in [6.45, 7) is 2.10. The second kappa shape index (κ2) is 3.88. The van der Waals surface area contributed by atoms with Crippen LogP contribution < -0.4 is 5.32 Å². The van der Waals surface area contributed by atoms with Crippen molar-refractivity contribution in [3.8, 4) is 0 Å². The van der Waals surface area contributed by atoms with E-state index in [4.69, 9.17) is 4.74 Å². The Morgan fingerprint density at radius 3 is 2.75 bits per heavy atom. The molecule has 0 aromatic rings. The molecule has 12 heavy (non-hydrogen) atoms. The summed E-state index contributed by atoms with van der Waals surface area (Å²) in [5.74, 6) is -0.420. The lowest BCUT2D eigenvalue weighted by Crippen LogP contribution is -2.36. The first-order valence-electron chi connectivity index (χ1n) is 3.50. The Hall–Kier alpha value is -0.590. The lowest BCUT2D eigenvalue weighted by Gasteiger charge is -2.19. The van der Waals surface area contributed by atoms with E-state index in [2.05, 4.69) is 5.32 Å². The van der Waals surface area contributed by atoms with Crippen LogP contribution in [0, 0.1) is 0 Å². The van der Waals surface area contributed by atoms with Crippen LogP contribution in [0.25, 0.3) is 0 Å². The molecule has 4 nitrogen and oxygen atoms in total. The second-order valence-electron chi connectivity index (χ2n) is 2.24. The van der Waals surface area contributed by atoms with Gasteiger partial charge in [-0.1, -0.05) is 0 Å². The number of nitrogens with one attached hydrogen (secondary N) is 1. The number of rotatable bonds is 2. The number of esters is 1. The first kappa shape index (κ1) is 9.50. The van der Waals surface area contributed by atoms with E-state index in [9.17, 15) is 9.59 Å². The molecule has 1 fully saturated rings. The molecule has 1 heterocycles. The van der Waals surface area contributed by atoms with Gasteiger partial charge in [-0.2, -0.15) is 0 Å². The summed E-state index contributed by atoms with van der Waals surface area (Å²) in [5, 5.41) is 2.51. The molecule has 1 N–H and O–H groups in total. The van der Waals surface area contributed by atoms with Crippen molar-refractivity contribution in [3.05, 3.63) is 9.28 Å². The molecule has 0 atom stereocenters. The molecule has 66 valence electrons. The van der Waals surface area contributed by atoms with Gasteiger partial charge in [0.05, 0.1) is 13.0 Å². The average molecular weight is 281 g/mol. The third-order valence-corrected chi connectivity index (χ3v) is 2.44. The third kappa shape index (κ3) is 1.96. The predicted molar refractivity (Wildman–Crippen MR) is 50.4 cm³/mol. The van der Waals surface area contributed by atoms with E-state index in [1.807, 2.05) is 22.6 Å². The number of β-lactam (4-membered cyclic amide) rings is 1. The molecule has 0 unspecified atom stereocenters. The Balaban J connectivity index is 2.57. The highest BCUT2D eigenvalue weighted by atomic mass is 127. The molecule has 0 bridgehead atoms. The molecule has 0 aromatic carbocycles. The van der Waals surface area contributed by atoms with E-state index >= 15 is 0 Å². The Kier molecular flexibility index (Phi) is 3.07. The quantitative estimate of drug-likeness (QED) is 0.351. The third-order valence-electron chi connectivity index (χ3n) is 1.35. The topological polar surface area (TPSA) is 55.4 Å². The van der Waals surface area contributed by atoms with Crippen LogP contribution in [-0.2, 0) is 14.3 Å². The molecule has 0 spiro atoms. The molecule has 1 rings (SSSR count). The van der Waals surface area contributed by atoms with Gasteiger partial charge in [-0.05, 0) is 29.5 Å². The smallest absolute Gasteiger partial charge is 0.346 e. The van der Waals surface area contributed by atoms with Gasteiger partial charge in [-0.15, -0.1) is 0 Å². The van der Waals surface area contributed by atoms with Crippen molar-refractivity contribution in [1.82, 2.24) is 5.32 Å². The van der Waals surface area contributed by atoms with Crippen LogP contribution in [0.15, 0.2) is 9.28 Å². The molecule has 1 saturated heterocycles. The molecular weight excluding hydrogens is 273 g/mol. The SMILES string of the molecule is CCOC(=O)/C(I)=C1/CC(=O)N1. The summed E-state index contributed by atoms with van der Waals surface area (Å²) in [7, 11) is 0. The summed E-state index contributed by atoms with van der Waals surface area (Å²) in [6, 6.07) is 0. The largest absolute Gasteiger partial charge is 0.462 e. The average Bonchev–Trinajstić information content (AvgIpc) is 1.98. The molecule has 1 aliphatic rings. The standard InChI is InChI=1S/C7H8INO3/c1-2-12-7(11)6(8)4-3-5(10)9-4/h2-3H2,1H3,(H,9,10)/b6-4+. The maximum Gasteiger partial charge on any atom is 0.346 e. The zero-order chi connectivity index (χ0) is 9.14. The molecule has 0 saturated carbocycles. The Morgan fingerprint density at radius 1 is 1.75 bits per heavy atom. The van der Waals surface area contributed by atoms with Crippen LogP contribution in [0.4, 0.5) is 0 Å². The van der Waals surface area contributed by atoms with E-state index < -0.39 is 0 Å². The first-order valence-corrected chi connectivity index (χ1v) is 4.58. The highest BCUT2D eigenvalue weighted by Crippen LogP contribution is 2.20. The Bertz CT molecular complexity index is 249. The zero-order valence-corrected chi connectivity index (χ0v) is 8.67. The number of ether oxygens (including phenoxy) is 1. The molecule has 1 aliphatic heterocycles. The van der Waals surface area contributed by atoms with Gasteiger partial charge in [0.1, 0.15) is 3.58 Å². The fraction of sp³-hybridized carbons (Fsp3) is 0.429. The summed E-state index contributed by atoms with van der Waals surface area (Å²) in [4.78, 5) is 21.5. The van der Waals surface area contributed by atoms with Gasteiger partial charge in [0.15, 0.2) is 0 Å². The highest BCUT2D eigenvalue weighted by Gasteiger charge is 2.24. The molecule has 5 heteroatoms. The van der Waals surface area contributed by atoms with Crippen molar-refractivity contribution in [2.24, 2.45) is 0 Å². The normalized spacial score (nSPS) is 19.3. The Morgan fingerprint density at radius 2 is 2.33 bits per heavy atom. The Labute approximate surface area is 83.5 Å². The van der Waals surface area contributed by atoms with Crippen LogP contribution in [0.3, 0.4) is 0 Å². The van der Waals surface area contributed by atoms with Crippen molar-refractivity contribution in [2.75, 3.05) is 6.61 Å². The van der Waals surface area contributed by atoms with Gasteiger partial charge in [0, 0.05) is 5.70 Å². The number of carbonyl (C=O) groups excluding carboxylic acids is 2. The fourth-order valence-electron chi connectivity index (χ4n) is 0.761. The van der Waals surface area contributed by atoms with Gasteiger partial charge >= 0.3 is 5.97 Å². The lowest BCUT2D eigenvalue weighted by atomic mass is 10.2. The minimum Gasteiger partial charge on any atom is -0.462 e. The van der Waals surface area contributed by atoms with E-state index in [-0.39, 0.29) is 11.9 Å². The van der Waals surface area contributed by atoms with Crippen LogP contribution in [0.1, 0.15) is 13.3 Å². The maximum absolute atomic E-state index is 11.0. The van der Waals surface area contributed by atoms with E-state index in [0.29, 0.717) is 22.3 Å². The van der Waals surface area contributed by atoms with Gasteiger partial charge in [-0.25, -0.2) is 4.79 Å². The van der Waals surface area contributed by atoms with Crippen LogP contribution in [0.5, 0.6) is 0 Å². The first-order chi connectivity index (χ1) is 5.65. The fourth-order valence-corrected chi connectivity index (χ4v) is 1.24. The van der Waals surface area contributed by atoms with E-state index in [1.165, 1.54) is 0 Å². The number of amides is 1. The number of hydrogen-bond donors (Lipinski definition) is 1. The van der Waals surface area contributed by atoms with Crippen LogP contribution in [-0.4, -0.2) is 18.5 Å². The van der Waals surface area contributed by atoms with Crippen LogP contribution >= 0.6 is 22.6 Å². The highest BCUT2D eigenvalue weighted by molar-refractivity contribution is 14.1. The van der Waals surface area contributed by atoms with Crippen molar-refractivity contribution >= 4 is 34.5 Å².